The summed E-state index contributed by atoms with van der Waals surface area (Å²) in [5, 5.41) is 10.5. The molecule has 2 heteroatoms. The van der Waals surface area contributed by atoms with Crippen molar-refractivity contribution in [3.63, 3.8) is 0 Å². The molecule has 4 aliphatic rings. The molecule has 7 atom stereocenters. The topological polar surface area (TPSA) is 37.3 Å². The van der Waals surface area contributed by atoms with E-state index < -0.39 is 0 Å². The van der Waals surface area contributed by atoms with Gasteiger partial charge >= 0.3 is 0 Å². The summed E-state index contributed by atoms with van der Waals surface area (Å²) in [6, 6.07) is 0. The van der Waals surface area contributed by atoms with Crippen LogP contribution >= 0.6 is 0 Å². The minimum atomic E-state index is -0.0745. The van der Waals surface area contributed by atoms with Gasteiger partial charge in [-0.25, -0.2) is 0 Å². The van der Waals surface area contributed by atoms with Gasteiger partial charge < -0.3 is 5.11 Å². The Balaban J connectivity index is 1.63. The van der Waals surface area contributed by atoms with Crippen molar-refractivity contribution >= 4 is 5.78 Å². The zero-order valence-corrected chi connectivity index (χ0v) is 15.0. The highest BCUT2D eigenvalue weighted by molar-refractivity contribution is 5.93. The molecule has 0 aromatic carbocycles. The number of hydrogen-bond acceptors (Lipinski definition) is 2. The molecule has 128 valence electrons. The fourth-order valence-corrected chi connectivity index (χ4v) is 7.14. The smallest absolute Gasteiger partial charge is 0.155 e. The third kappa shape index (κ3) is 2.13. The number of fused-ring (bicyclic) bond motifs is 5. The monoisotopic (exact) mass is 316 g/mol. The molecule has 0 amide bonds. The summed E-state index contributed by atoms with van der Waals surface area (Å²) in [6.45, 7) is 6.59. The zero-order chi connectivity index (χ0) is 16.4. The predicted octanol–water partition coefficient (Wildman–Crippen LogP) is 4.52. The van der Waals surface area contributed by atoms with E-state index in [0.717, 1.165) is 42.6 Å². The van der Waals surface area contributed by atoms with Crippen molar-refractivity contribution in [2.45, 2.75) is 78.2 Å². The molecule has 3 saturated carbocycles. The standard InChI is InChI=1S/C21H32O2/c1-13(22)14-8-10-20(2)15(12-14)4-5-16-17-6-7-19(23)21(17,3)11-9-18(16)20/h8,15-19,23H,4-7,9-12H2,1-3H3. The van der Waals surface area contributed by atoms with Gasteiger partial charge in [0.25, 0.3) is 0 Å². The van der Waals surface area contributed by atoms with Crippen LogP contribution in [0.15, 0.2) is 11.6 Å². The van der Waals surface area contributed by atoms with E-state index in [2.05, 4.69) is 19.9 Å². The summed E-state index contributed by atoms with van der Waals surface area (Å²) in [7, 11) is 0. The molecule has 4 rings (SSSR count). The molecular formula is C21H32O2. The van der Waals surface area contributed by atoms with Crippen LogP contribution in [-0.2, 0) is 4.79 Å². The molecule has 0 spiro atoms. The van der Waals surface area contributed by atoms with Gasteiger partial charge in [-0.2, -0.15) is 0 Å². The minimum absolute atomic E-state index is 0.0745. The molecule has 0 aromatic heterocycles. The van der Waals surface area contributed by atoms with E-state index in [4.69, 9.17) is 0 Å². The highest BCUT2D eigenvalue weighted by Gasteiger charge is 2.59. The van der Waals surface area contributed by atoms with Crippen LogP contribution < -0.4 is 0 Å². The number of carbonyl (C=O) groups is 1. The Labute approximate surface area is 140 Å². The largest absolute Gasteiger partial charge is 0.393 e. The van der Waals surface area contributed by atoms with Crippen LogP contribution in [0.2, 0.25) is 0 Å². The first-order chi connectivity index (χ1) is 10.9. The Hall–Kier alpha value is -0.630. The normalized spacial score (nSPS) is 52.2. The molecule has 0 radical (unpaired) electrons. The molecule has 2 nitrogen and oxygen atoms in total. The minimum Gasteiger partial charge on any atom is -0.393 e. The van der Waals surface area contributed by atoms with Crippen molar-refractivity contribution in [1.82, 2.24) is 0 Å². The van der Waals surface area contributed by atoms with Gasteiger partial charge in [-0.1, -0.05) is 19.9 Å². The number of rotatable bonds is 1. The zero-order valence-electron chi connectivity index (χ0n) is 15.0. The third-order valence-electron chi connectivity index (χ3n) is 8.72. The van der Waals surface area contributed by atoms with Crippen molar-refractivity contribution in [3.8, 4) is 0 Å². The van der Waals surface area contributed by atoms with Gasteiger partial charge in [0.1, 0.15) is 0 Å². The molecule has 3 fully saturated rings. The van der Waals surface area contributed by atoms with E-state index in [1.165, 1.54) is 32.1 Å². The fraction of sp³-hybridized carbons (Fsp3) is 0.857. The molecule has 0 aliphatic heterocycles. The number of hydrogen-bond donors (Lipinski definition) is 1. The van der Waals surface area contributed by atoms with E-state index in [1.807, 2.05) is 0 Å². The molecule has 7 unspecified atom stereocenters. The molecule has 0 saturated heterocycles. The molecule has 0 heterocycles. The number of ketones is 1. The Morgan fingerprint density at radius 2 is 1.83 bits per heavy atom. The lowest BCUT2D eigenvalue weighted by atomic mass is 9.45. The number of allylic oxidation sites excluding steroid dienone is 2. The summed E-state index contributed by atoms with van der Waals surface area (Å²) >= 11 is 0. The van der Waals surface area contributed by atoms with Gasteiger partial charge in [-0.3, -0.25) is 4.79 Å². The van der Waals surface area contributed by atoms with Crippen LogP contribution in [0, 0.1) is 34.5 Å². The first kappa shape index (κ1) is 15.9. The second-order valence-corrected chi connectivity index (χ2v) is 9.49. The SMILES string of the molecule is CC(=O)C1=CCC2(C)C(CCC3C4CCC(O)C4(C)CCC32)C1. The van der Waals surface area contributed by atoms with E-state index in [-0.39, 0.29) is 17.3 Å². The van der Waals surface area contributed by atoms with Crippen molar-refractivity contribution < 1.29 is 9.90 Å². The van der Waals surface area contributed by atoms with E-state index in [0.29, 0.717) is 11.3 Å². The lowest BCUT2D eigenvalue weighted by Crippen LogP contribution is -2.53. The molecule has 1 N–H and O–H groups in total. The van der Waals surface area contributed by atoms with Gasteiger partial charge in [0.05, 0.1) is 6.10 Å². The average Bonchev–Trinajstić information content (AvgIpc) is 2.82. The van der Waals surface area contributed by atoms with Crippen molar-refractivity contribution in [2.24, 2.45) is 34.5 Å². The maximum Gasteiger partial charge on any atom is 0.155 e. The number of aliphatic hydroxyl groups excluding tert-OH is 1. The van der Waals surface area contributed by atoms with Gasteiger partial charge in [0.2, 0.25) is 0 Å². The third-order valence-corrected chi connectivity index (χ3v) is 8.72. The summed E-state index contributed by atoms with van der Waals surface area (Å²) in [6.07, 6.45) is 11.6. The Kier molecular flexibility index (Phi) is 3.58. The Morgan fingerprint density at radius 1 is 1.09 bits per heavy atom. The van der Waals surface area contributed by atoms with E-state index in [1.54, 1.807) is 6.92 Å². The first-order valence-electron chi connectivity index (χ1n) is 9.74. The van der Waals surface area contributed by atoms with Crippen molar-refractivity contribution in [3.05, 3.63) is 11.6 Å². The average molecular weight is 316 g/mol. The van der Waals surface area contributed by atoms with Crippen LogP contribution in [0.25, 0.3) is 0 Å². The lowest BCUT2D eigenvalue weighted by molar-refractivity contribution is -0.118. The lowest BCUT2D eigenvalue weighted by Gasteiger charge is -2.59. The van der Waals surface area contributed by atoms with Crippen LogP contribution in [0.3, 0.4) is 0 Å². The first-order valence-corrected chi connectivity index (χ1v) is 9.74. The second-order valence-electron chi connectivity index (χ2n) is 9.49. The highest BCUT2D eigenvalue weighted by Crippen LogP contribution is 2.65. The highest BCUT2D eigenvalue weighted by atomic mass is 16.3. The molecule has 4 aliphatic carbocycles. The van der Waals surface area contributed by atoms with Crippen molar-refractivity contribution in [2.75, 3.05) is 0 Å². The maximum absolute atomic E-state index is 11.8. The van der Waals surface area contributed by atoms with E-state index in [9.17, 15) is 9.90 Å². The molecule has 23 heavy (non-hydrogen) atoms. The second kappa shape index (κ2) is 5.18. The van der Waals surface area contributed by atoms with Gasteiger partial charge in [0.15, 0.2) is 5.78 Å². The Bertz CT molecular complexity index is 550. The van der Waals surface area contributed by atoms with Crippen LogP contribution in [0.5, 0.6) is 0 Å². The van der Waals surface area contributed by atoms with Crippen molar-refractivity contribution in [1.29, 1.82) is 0 Å². The van der Waals surface area contributed by atoms with Crippen LogP contribution in [0.4, 0.5) is 0 Å². The molecule has 0 bridgehead atoms. The van der Waals surface area contributed by atoms with Gasteiger partial charge in [-0.15, -0.1) is 0 Å². The summed E-state index contributed by atoms with van der Waals surface area (Å²) in [5.41, 5.74) is 1.65. The van der Waals surface area contributed by atoms with E-state index >= 15 is 0 Å². The number of carbonyl (C=O) groups excluding carboxylic acids is 1. The fourth-order valence-electron chi connectivity index (χ4n) is 7.14. The molecule has 0 aromatic rings. The maximum atomic E-state index is 11.8. The number of Topliss-reactive ketones (excluding diaryl/α,β-unsaturated/α-hetero) is 1. The van der Waals surface area contributed by atoms with Gasteiger partial charge in [-0.05, 0) is 98.4 Å². The number of aliphatic hydroxyl groups is 1. The molecular weight excluding hydrogens is 284 g/mol. The Morgan fingerprint density at radius 3 is 2.57 bits per heavy atom. The summed E-state index contributed by atoms with van der Waals surface area (Å²) in [4.78, 5) is 11.8. The summed E-state index contributed by atoms with van der Waals surface area (Å²) < 4.78 is 0. The quantitative estimate of drug-likeness (QED) is 0.772. The van der Waals surface area contributed by atoms with Gasteiger partial charge in [0, 0.05) is 0 Å². The predicted molar refractivity (Wildman–Crippen MR) is 91.9 cm³/mol. The van der Waals surface area contributed by atoms with Crippen LogP contribution in [-0.4, -0.2) is 17.0 Å². The van der Waals surface area contributed by atoms with Crippen LogP contribution in [0.1, 0.15) is 72.1 Å². The summed E-state index contributed by atoms with van der Waals surface area (Å²) in [5.74, 6) is 3.31.